The summed E-state index contributed by atoms with van der Waals surface area (Å²) in [5.74, 6) is -0.406. The highest BCUT2D eigenvalue weighted by Crippen LogP contribution is 2.18. The summed E-state index contributed by atoms with van der Waals surface area (Å²) in [6.07, 6.45) is 4.25. The van der Waals surface area contributed by atoms with E-state index in [0.717, 1.165) is 22.9 Å². The number of hydrogen-bond acceptors (Lipinski definition) is 3. The van der Waals surface area contributed by atoms with Crippen molar-refractivity contribution in [1.29, 1.82) is 0 Å². The number of carboxylic acids is 1. The summed E-state index contributed by atoms with van der Waals surface area (Å²) in [6.45, 7) is 4.73. The molecule has 0 aliphatic heterocycles. The maximum absolute atomic E-state index is 12.0. The number of hydrogen-bond donors (Lipinski definition) is 1. The first-order valence-electron chi connectivity index (χ1n) is 6.64. The largest absolute Gasteiger partial charge is 0.478 e. The Morgan fingerprint density at radius 3 is 2.80 bits per heavy atom. The minimum absolute atomic E-state index is 0.148. The third kappa shape index (κ3) is 5.57. The first-order chi connectivity index (χ1) is 9.42. The van der Waals surface area contributed by atoms with Crippen LogP contribution in [0, 0.1) is 5.92 Å². The van der Waals surface area contributed by atoms with Crippen molar-refractivity contribution in [1.82, 2.24) is 4.90 Å². The fourth-order valence-electron chi connectivity index (χ4n) is 1.66. The van der Waals surface area contributed by atoms with Gasteiger partial charge in [0.05, 0.1) is 6.54 Å². The molecule has 0 aliphatic carbocycles. The predicted octanol–water partition coefficient (Wildman–Crippen LogP) is 3.24. The van der Waals surface area contributed by atoms with E-state index in [1.54, 1.807) is 18.0 Å². The van der Waals surface area contributed by atoms with Gasteiger partial charge in [0.25, 0.3) is 0 Å². The van der Waals surface area contributed by atoms with Crippen molar-refractivity contribution >= 4 is 29.3 Å². The second-order valence-electron chi connectivity index (χ2n) is 4.99. The lowest BCUT2D eigenvalue weighted by molar-refractivity contribution is -0.132. The number of aliphatic carboxylic acids is 1. The van der Waals surface area contributed by atoms with Crippen molar-refractivity contribution in [3.63, 3.8) is 0 Å². The quantitative estimate of drug-likeness (QED) is 0.786. The van der Waals surface area contributed by atoms with Crippen molar-refractivity contribution in [2.45, 2.75) is 33.2 Å². The van der Waals surface area contributed by atoms with Crippen LogP contribution in [0.3, 0.4) is 0 Å². The van der Waals surface area contributed by atoms with Crippen molar-refractivity contribution < 1.29 is 14.7 Å². The summed E-state index contributed by atoms with van der Waals surface area (Å²) in [5, 5.41) is 10.5. The lowest BCUT2D eigenvalue weighted by Crippen LogP contribution is -2.27. The Hall–Kier alpha value is -1.62. The second kappa shape index (κ2) is 7.85. The molecule has 0 bridgehead atoms. The smallest absolute Gasteiger partial charge is 0.328 e. The molecule has 1 atom stereocenters. The van der Waals surface area contributed by atoms with E-state index in [2.05, 4.69) is 13.8 Å². The number of nitrogens with zero attached hydrogens (tertiary/aromatic N) is 1. The Kier molecular flexibility index (Phi) is 6.45. The van der Waals surface area contributed by atoms with Crippen molar-refractivity contribution in [2.75, 3.05) is 7.05 Å². The molecule has 1 aromatic heterocycles. The average molecular weight is 295 g/mol. The first kappa shape index (κ1) is 16.4. The molecule has 0 saturated heterocycles. The van der Waals surface area contributed by atoms with Gasteiger partial charge in [-0.3, -0.25) is 4.79 Å². The van der Waals surface area contributed by atoms with Gasteiger partial charge in [-0.1, -0.05) is 20.3 Å². The zero-order chi connectivity index (χ0) is 15.1. The number of rotatable bonds is 7. The van der Waals surface area contributed by atoms with E-state index >= 15 is 0 Å². The van der Waals surface area contributed by atoms with Gasteiger partial charge < -0.3 is 10.0 Å². The monoisotopic (exact) mass is 295 g/mol. The number of carbonyl (C=O) groups excluding carboxylic acids is 1. The molecule has 0 fully saturated rings. The normalized spacial score (nSPS) is 12.6. The summed E-state index contributed by atoms with van der Waals surface area (Å²) in [7, 11) is 1.80. The molecule has 110 valence electrons. The van der Waals surface area contributed by atoms with Gasteiger partial charge >= 0.3 is 5.97 Å². The average Bonchev–Trinajstić information content (AvgIpc) is 2.83. The highest BCUT2D eigenvalue weighted by Gasteiger charge is 2.13. The number of carboxylic acid groups (broad SMARTS) is 1. The van der Waals surface area contributed by atoms with Gasteiger partial charge in [0.2, 0.25) is 5.91 Å². The molecular formula is C15H21NO3S. The third-order valence-electron chi connectivity index (χ3n) is 3.13. The van der Waals surface area contributed by atoms with Gasteiger partial charge in [0, 0.05) is 24.4 Å². The van der Waals surface area contributed by atoms with Crippen LogP contribution in [0.4, 0.5) is 0 Å². The van der Waals surface area contributed by atoms with E-state index in [9.17, 15) is 9.59 Å². The van der Waals surface area contributed by atoms with Gasteiger partial charge in [-0.25, -0.2) is 4.79 Å². The Morgan fingerprint density at radius 1 is 1.50 bits per heavy atom. The van der Waals surface area contributed by atoms with Gasteiger partial charge in [0.1, 0.15) is 0 Å². The van der Waals surface area contributed by atoms with Crippen LogP contribution in [0.25, 0.3) is 6.08 Å². The topological polar surface area (TPSA) is 57.6 Å². The van der Waals surface area contributed by atoms with E-state index < -0.39 is 5.97 Å². The van der Waals surface area contributed by atoms with Crippen molar-refractivity contribution in [3.8, 4) is 0 Å². The molecule has 5 heteroatoms. The molecule has 1 N–H and O–H groups in total. The lowest BCUT2D eigenvalue weighted by atomic mass is 10.0. The van der Waals surface area contributed by atoms with E-state index in [1.807, 2.05) is 11.4 Å². The van der Waals surface area contributed by atoms with Crippen LogP contribution in [0.2, 0.25) is 0 Å². The molecule has 1 amide bonds. The fraction of sp³-hybridized carbons (Fsp3) is 0.467. The highest BCUT2D eigenvalue weighted by molar-refractivity contribution is 7.10. The van der Waals surface area contributed by atoms with Gasteiger partial charge in [-0.15, -0.1) is 11.3 Å². The number of carbonyl (C=O) groups is 2. The minimum atomic E-state index is -0.960. The Labute approximate surface area is 123 Å². The summed E-state index contributed by atoms with van der Waals surface area (Å²) in [6, 6.07) is 1.91. The molecule has 4 nitrogen and oxygen atoms in total. The van der Waals surface area contributed by atoms with E-state index in [4.69, 9.17) is 5.11 Å². The van der Waals surface area contributed by atoms with Crippen LogP contribution >= 0.6 is 11.3 Å². The molecule has 0 radical (unpaired) electrons. The molecule has 0 spiro atoms. The molecular weight excluding hydrogens is 274 g/mol. The number of thiophene rings is 1. The standard InChI is InChI=1S/C15H21NO3S/c1-4-11(2)7-14(17)16(3)9-13-8-12(10-20-13)5-6-15(18)19/h5-6,8,10-11H,4,7,9H2,1-3H3,(H,18,19)/b6-5+. The SMILES string of the molecule is CCC(C)CC(=O)N(C)Cc1cc(/C=C/C(=O)O)cs1. The molecule has 1 heterocycles. The van der Waals surface area contributed by atoms with Gasteiger partial charge in [-0.2, -0.15) is 0 Å². The van der Waals surface area contributed by atoms with Crippen molar-refractivity contribution in [2.24, 2.45) is 5.92 Å². The molecule has 0 aliphatic rings. The summed E-state index contributed by atoms with van der Waals surface area (Å²) in [4.78, 5) is 25.2. The Bertz CT molecular complexity index is 493. The zero-order valence-corrected chi connectivity index (χ0v) is 12.9. The highest BCUT2D eigenvalue weighted by atomic mass is 32.1. The predicted molar refractivity (Wildman–Crippen MR) is 81.5 cm³/mol. The summed E-state index contributed by atoms with van der Waals surface area (Å²) >= 11 is 1.53. The van der Waals surface area contributed by atoms with E-state index in [-0.39, 0.29) is 5.91 Å². The molecule has 1 rings (SSSR count). The van der Waals surface area contributed by atoms with Crippen LogP contribution in [0.5, 0.6) is 0 Å². The molecule has 1 unspecified atom stereocenters. The maximum atomic E-state index is 12.0. The first-order valence-corrected chi connectivity index (χ1v) is 7.52. The third-order valence-corrected chi connectivity index (χ3v) is 4.07. The van der Waals surface area contributed by atoms with Crippen molar-refractivity contribution in [3.05, 3.63) is 28.0 Å². The van der Waals surface area contributed by atoms with Crippen LogP contribution in [-0.4, -0.2) is 28.9 Å². The molecule has 1 aromatic rings. The van der Waals surface area contributed by atoms with E-state index in [0.29, 0.717) is 18.9 Å². The Balaban J connectivity index is 2.56. The fourth-order valence-corrected chi connectivity index (χ4v) is 2.56. The van der Waals surface area contributed by atoms with Crippen LogP contribution in [0.1, 0.15) is 37.1 Å². The maximum Gasteiger partial charge on any atom is 0.328 e. The summed E-state index contributed by atoms with van der Waals surface area (Å²) in [5.41, 5.74) is 0.857. The number of amides is 1. The zero-order valence-electron chi connectivity index (χ0n) is 12.1. The van der Waals surface area contributed by atoms with Gasteiger partial charge in [0.15, 0.2) is 0 Å². The van der Waals surface area contributed by atoms with Gasteiger partial charge in [-0.05, 0) is 29.0 Å². The Morgan fingerprint density at radius 2 is 2.20 bits per heavy atom. The van der Waals surface area contributed by atoms with Crippen LogP contribution in [-0.2, 0) is 16.1 Å². The van der Waals surface area contributed by atoms with E-state index in [1.165, 1.54) is 11.3 Å². The lowest BCUT2D eigenvalue weighted by Gasteiger charge is -2.18. The van der Waals surface area contributed by atoms with Crippen LogP contribution < -0.4 is 0 Å². The molecule has 0 aromatic carbocycles. The molecule has 0 saturated carbocycles. The second-order valence-corrected chi connectivity index (χ2v) is 5.98. The van der Waals surface area contributed by atoms with Crippen LogP contribution in [0.15, 0.2) is 17.5 Å². The minimum Gasteiger partial charge on any atom is -0.478 e. The summed E-state index contributed by atoms with van der Waals surface area (Å²) < 4.78 is 0. The molecule has 20 heavy (non-hydrogen) atoms.